The molecule has 4 heteroatoms. The molecule has 0 radical (unpaired) electrons. The highest BCUT2D eigenvalue weighted by Gasteiger charge is 2.06. The molecule has 28 heavy (non-hydrogen) atoms. The normalized spacial score (nSPS) is 11.0. The van der Waals surface area contributed by atoms with E-state index in [4.69, 9.17) is 5.26 Å². The van der Waals surface area contributed by atoms with Crippen molar-refractivity contribution in [3.8, 4) is 17.5 Å². The zero-order valence-corrected chi connectivity index (χ0v) is 15.1. The molecule has 0 saturated heterocycles. The van der Waals surface area contributed by atoms with Crippen molar-refractivity contribution in [1.29, 1.82) is 5.26 Å². The van der Waals surface area contributed by atoms with Crippen molar-refractivity contribution in [2.75, 3.05) is 0 Å². The molecule has 0 aliphatic carbocycles. The molecule has 0 fully saturated rings. The summed E-state index contributed by atoms with van der Waals surface area (Å²) in [6.07, 6.45) is 3.93. The van der Waals surface area contributed by atoms with Crippen molar-refractivity contribution in [3.63, 3.8) is 0 Å². The van der Waals surface area contributed by atoms with Crippen LogP contribution in [0.15, 0.2) is 85.2 Å². The van der Waals surface area contributed by atoms with Crippen molar-refractivity contribution in [2.45, 2.75) is 6.54 Å². The van der Waals surface area contributed by atoms with Gasteiger partial charge in [-0.2, -0.15) is 5.26 Å². The summed E-state index contributed by atoms with van der Waals surface area (Å²) >= 11 is 0. The van der Waals surface area contributed by atoms with Crippen molar-refractivity contribution in [1.82, 2.24) is 14.5 Å². The number of rotatable bonds is 3. The van der Waals surface area contributed by atoms with E-state index < -0.39 is 0 Å². The summed E-state index contributed by atoms with van der Waals surface area (Å²) in [6.45, 7) is 0.772. The van der Waals surface area contributed by atoms with Gasteiger partial charge in [0.1, 0.15) is 0 Å². The Labute approximate surface area is 162 Å². The third kappa shape index (κ3) is 2.89. The van der Waals surface area contributed by atoms with Crippen LogP contribution in [0.1, 0.15) is 11.1 Å². The molecule has 0 saturated carbocycles. The quantitative estimate of drug-likeness (QED) is 0.446. The van der Waals surface area contributed by atoms with Gasteiger partial charge in [0.2, 0.25) is 0 Å². The van der Waals surface area contributed by atoms with E-state index in [-0.39, 0.29) is 0 Å². The van der Waals surface area contributed by atoms with E-state index in [1.165, 1.54) is 5.56 Å². The van der Waals surface area contributed by atoms with Crippen LogP contribution >= 0.6 is 0 Å². The van der Waals surface area contributed by atoms with Gasteiger partial charge >= 0.3 is 0 Å². The maximum atomic E-state index is 9.05. The van der Waals surface area contributed by atoms with Crippen LogP contribution in [-0.2, 0) is 6.54 Å². The van der Waals surface area contributed by atoms with Gasteiger partial charge in [-0.25, -0.2) is 9.97 Å². The van der Waals surface area contributed by atoms with E-state index in [0.717, 1.165) is 39.7 Å². The summed E-state index contributed by atoms with van der Waals surface area (Å²) in [5, 5.41) is 11.2. The van der Waals surface area contributed by atoms with Crippen molar-refractivity contribution in [2.24, 2.45) is 0 Å². The lowest BCUT2D eigenvalue weighted by Crippen LogP contribution is -1.98. The summed E-state index contributed by atoms with van der Waals surface area (Å²) in [4.78, 5) is 9.16. The second kappa shape index (κ2) is 6.64. The summed E-state index contributed by atoms with van der Waals surface area (Å²) < 4.78 is 2.19. The lowest BCUT2D eigenvalue weighted by Gasteiger charge is -2.07. The van der Waals surface area contributed by atoms with Crippen LogP contribution in [0.25, 0.3) is 33.2 Å². The summed E-state index contributed by atoms with van der Waals surface area (Å²) in [7, 11) is 0. The Bertz CT molecular complexity index is 1340. The lowest BCUT2D eigenvalue weighted by atomic mass is 10.1. The van der Waals surface area contributed by atoms with Crippen LogP contribution < -0.4 is 0 Å². The number of nitrogens with zero attached hydrogens (tertiary/aromatic N) is 4. The first-order valence-corrected chi connectivity index (χ1v) is 9.10. The Hall–Kier alpha value is -3.97. The molecule has 132 valence electrons. The highest BCUT2D eigenvalue weighted by molar-refractivity contribution is 5.82. The minimum atomic E-state index is 0.685. The van der Waals surface area contributed by atoms with Crippen LogP contribution in [0, 0.1) is 11.3 Å². The number of benzene rings is 3. The molecule has 0 atom stereocenters. The molecule has 0 unspecified atom stereocenters. The van der Waals surface area contributed by atoms with Gasteiger partial charge in [-0.1, -0.05) is 42.5 Å². The molecule has 4 nitrogen and oxygen atoms in total. The van der Waals surface area contributed by atoms with Gasteiger partial charge in [0.05, 0.1) is 17.1 Å². The summed E-state index contributed by atoms with van der Waals surface area (Å²) in [6, 6.07) is 26.4. The molecule has 5 aromatic rings. The van der Waals surface area contributed by atoms with Crippen LogP contribution in [-0.4, -0.2) is 14.5 Å². The zero-order valence-electron chi connectivity index (χ0n) is 15.1. The minimum Gasteiger partial charge on any atom is -0.343 e. The predicted octanol–water partition coefficient (Wildman–Crippen LogP) is 5.17. The standard InChI is InChI=1S/C24H16N4/c25-14-18-7-10-23-20(13-18)11-12-28(23)16-17-5-8-19(9-6-17)24-26-15-21-3-1-2-4-22(21)27-24/h1-13,15H,16H2. The zero-order chi connectivity index (χ0) is 18.9. The Morgan fingerprint density at radius 1 is 0.893 bits per heavy atom. The molecule has 0 aliphatic heterocycles. The second-order valence-corrected chi connectivity index (χ2v) is 6.78. The van der Waals surface area contributed by atoms with Gasteiger partial charge in [-0.15, -0.1) is 0 Å². The first kappa shape index (κ1) is 16.2. The van der Waals surface area contributed by atoms with Gasteiger partial charge in [-0.05, 0) is 35.9 Å². The topological polar surface area (TPSA) is 54.5 Å². The molecule has 0 bridgehead atoms. The van der Waals surface area contributed by atoms with Gasteiger partial charge in [0.15, 0.2) is 5.82 Å². The predicted molar refractivity (Wildman–Crippen MR) is 111 cm³/mol. The maximum absolute atomic E-state index is 9.05. The molecule has 0 aliphatic rings. The van der Waals surface area contributed by atoms with E-state index in [2.05, 4.69) is 51.1 Å². The fourth-order valence-corrected chi connectivity index (χ4v) is 3.47. The number of para-hydroxylation sites is 1. The molecule has 0 N–H and O–H groups in total. The average Bonchev–Trinajstić information content (AvgIpc) is 3.15. The molecule has 2 aromatic heterocycles. The SMILES string of the molecule is N#Cc1ccc2c(ccn2Cc2ccc(-c3ncc4ccccc4n3)cc2)c1. The first-order valence-electron chi connectivity index (χ1n) is 9.10. The number of hydrogen-bond donors (Lipinski definition) is 0. The van der Waals surface area contributed by atoms with E-state index >= 15 is 0 Å². The van der Waals surface area contributed by atoms with Crippen LogP contribution in [0.2, 0.25) is 0 Å². The molecule has 0 spiro atoms. The van der Waals surface area contributed by atoms with E-state index in [1.54, 1.807) is 0 Å². The highest BCUT2D eigenvalue weighted by Crippen LogP contribution is 2.21. The third-order valence-corrected chi connectivity index (χ3v) is 4.95. The van der Waals surface area contributed by atoms with E-state index in [1.807, 2.05) is 54.7 Å². The van der Waals surface area contributed by atoms with Crippen LogP contribution in [0.3, 0.4) is 0 Å². The Morgan fingerprint density at radius 2 is 1.75 bits per heavy atom. The molecule has 3 aromatic carbocycles. The Kier molecular flexibility index (Phi) is 3.85. The van der Waals surface area contributed by atoms with Crippen molar-refractivity contribution >= 4 is 21.8 Å². The van der Waals surface area contributed by atoms with Crippen molar-refractivity contribution in [3.05, 3.63) is 96.3 Å². The lowest BCUT2D eigenvalue weighted by molar-refractivity contribution is 0.837. The molecular weight excluding hydrogens is 344 g/mol. The van der Waals surface area contributed by atoms with Gasteiger partial charge < -0.3 is 4.57 Å². The minimum absolute atomic E-state index is 0.685. The van der Waals surface area contributed by atoms with E-state index in [0.29, 0.717) is 5.56 Å². The van der Waals surface area contributed by atoms with E-state index in [9.17, 15) is 0 Å². The number of hydrogen-bond acceptors (Lipinski definition) is 3. The summed E-state index contributed by atoms with van der Waals surface area (Å²) in [5.74, 6) is 0.737. The molecular formula is C24H16N4. The van der Waals surface area contributed by atoms with Gasteiger partial charge in [0, 0.05) is 40.8 Å². The van der Waals surface area contributed by atoms with Crippen molar-refractivity contribution < 1.29 is 0 Å². The highest BCUT2D eigenvalue weighted by atomic mass is 14.9. The third-order valence-electron chi connectivity index (χ3n) is 4.95. The van der Waals surface area contributed by atoms with Gasteiger partial charge in [-0.3, -0.25) is 0 Å². The number of aromatic nitrogens is 3. The first-order chi connectivity index (χ1) is 13.8. The Balaban J connectivity index is 1.42. The fourth-order valence-electron chi connectivity index (χ4n) is 3.47. The van der Waals surface area contributed by atoms with Gasteiger partial charge in [0.25, 0.3) is 0 Å². The van der Waals surface area contributed by atoms with Crippen LogP contribution in [0.4, 0.5) is 0 Å². The average molecular weight is 360 g/mol. The second-order valence-electron chi connectivity index (χ2n) is 6.78. The summed E-state index contributed by atoms with van der Waals surface area (Å²) in [5.41, 5.74) is 4.97. The maximum Gasteiger partial charge on any atom is 0.159 e. The number of nitriles is 1. The molecule has 5 rings (SSSR count). The molecule has 0 amide bonds. The fraction of sp³-hybridized carbons (Fsp3) is 0.0417. The Morgan fingerprint density at radius 3 is 2.61 bits per heavy atom. The number of fused-ring (bicyclic) bond motifs is 2. The molecule has 2 heterocycles. The monoisotopic (exact) mass is 360 g/mol. The smallest absolute Gasteiger partial charge is 0.159 e. The van der Waals surface area contributed by atoms with Crippen LogP contribution in [0.5, 0.6) is 0 Å². The largest absolute Gasteiger partial charge is 0.343 e.